The summed E-state index contributed by atoms with van der Waals surface area (Å²) < 4.78 is 0. The Morgan fingerprint density at radius 3 is 2.48 bits per heavy atom. The molecule has 2 atom stereocenters. The van der Waals surface area contributed by atoms with Crippen molar-refractivity contribution in [1.29, 1.82) is 0 Å². The molecule has 0 bridgehead atoms. The predicted octanol–water partition coefficient (Wildman–Crippen LogP) is 2.48. The Bertz CT molecular complexity index is 619. The SMILES string of the molecule is CC(CC(=O)O)(NCC[C@@H](O)c1ccccc1)c1ccncc1. The normalized spacial score (nSPS) is 14.9. The summed E-state index contributed by atoms with van der Waals surface area (Å²) in [6.07, 6.45) is 3.18. The van der Waals surface area contributed by atoms with Crippen LogP contribution in [0.1, 0.15) is 37.0 Å². The van der Waals surface area contributed by atoms with Gasteiger partial charge in [0.2, 0.25) is 0 Å². The molecule has 0 aliphatic carbocycles. The summed E-state index contributed by atoms with van der Waals surface area (Å²) in [4.78, 5) is 15.2. The number of nitrogens with zero attached hydrogens (tertiary/aromatic N) is 1. The number of carbonyl (C=O) groups is 1. The fourth-order valence-corrected chi connectivity index (χ4v) is 2.62. The first-order valence-electron chi connectivity index (χ1n) is 7.61. The van der Waals surface area contributed by atoms with Gasteiger partial charge in [-0.25, -0.2) is 0 Å². The molecule has 0 spiro atoms. The summed E-state index contributed by atoms with van der Waals surface area (Å²) in [5, 5.41) is 22.7. The Kier molecular flexibility index (Phi) is 5.84. The van der Waals surface area contributed by atoms with E-state index < -0.39 is 17.6 Å². The number of rotatable bonds is 8. The first-order valence-corrected chi connectivity index (χ1v) is 7.61. The van der Waals surface area contributed by atoms with Crippen molar-refractivity contribution < 1.29 is 15.0 Å². The lowest BCUT2D eigenvalue weighted by Gasteiger charge is -2.30. The second-order valence-corrected chi connectivity index (χ2v) is 5.78. The van der Waals surface area contributed by atoms with Gasteiger partial charge in [-0.1, -0.05) is 30.3 Å². The molecule has 1 aromatic heterocycles. The molecule has 2 rings (SSSR count). The van der Waals surface area contributed by atoms with Gasteiger partial charge in [-0.15, -0.1) is 0 Å². The van der Waals surface area contributed by atoms with Crippen LogP contribution in [0.4, 0.5) is 0 Å². The molecular formula is C18H22N2O3. The van der Waals surface area contributed by atoms with Gasteiger partial charge >= 0.3 is 5.97 Å². The van der Waals surface area contributed by atoms with Crippen molar-refractivity contribution in [2.45, 2.75) is 31.4 Å². The number of aromatic nitrogens is 1. The van der Waals surface area contributed by atoms with Gasteiger partial charge in [0.15, 0.2) is 0 Å². The molecule has 0 saturated carbocycles. The van der Waals surface area contributed by atoms with Crippen LogP contribution in [0.5, 0.6) is 0 Å². The number of carboxylic acid groups (broad SMARTS) is 1. The van der Waals surface area contributed by atoms with E-state index in [1.807, 2.05) is 49.4 Å². The number of aliphatic hydroxyl groups excluding tert-OH is 1. The van der Waals surface area contributed by atoms with E-state index in [9.17, 15) is 15.0 Å². The van der Waals surface area contributed by atoms with E-state index >= 15 is 0 Å². The Morgan fingerprint density at radius 2 is 1.87 bits per heavy atom. The van der Waals surface area contributed by atoms with Crippen LogP contribution in [0.3, 0.4) is 0 Å². The number of aliphatic hydroxyl groups is 1. The number of aliphatic carboxylic acids is 1. The second kappa shape index (κ2) is 7.85. The van der Waals surface area contributed by atoms with E-state index in [-0.39, 0.29) is 6.42 Å². The van der Waals surface area contributed by atoms with Crippen LogP contribution in [-0.2, 0) is 10.3 Å². The first-order chi connectivity index (χ1) is 11.0. The molecule has 5 nitrogen and oxygen atoms in total. The van der Waals surface area contributed by atoms with Crippen molar-refractivity contribution in [3.8, 4) is 0 Å². The summed E-state index contributed by atoms with van der Waals surface area (Å²) >= 11 is 0. The summed E-state index contributed by atoms with van der Waals surface area (Å²) in [6.45, 7) is 2.35. The van der Waals surface area contributed by atoms with Gasteiger partial charge < -0.3 is 15.5 Å². The van der Waals surface area contributed by atoms with Crippen molar-refractivity contribution in [3.63, 3.8) is 0 Å². The maximum absolute atomic E-state index is 11.2. The monoisotopic (exact) mass is 314 g/mol. The Labute approximate surface area is 136 Å². The van der Waals surface area contributed by atoms with Gasteiger partial charge in [-0.05, 0) is 43.1 Å². The summed E-state index contributed by atoms with van der Waals surface area (Å²) in [6, 6.07) is 13.1. The molecular weight excluding hydrogens is 292 g/mol. The molecule has 23 heavy (non-hydrogen) atoms. The lowest BCUT2D eigenvalue weighted by Crippen LogP contribution is -2.42. The van der Waals surface area contributed by atoms with Crippen molar-refractivity contribution >= 4 is 5.97 Å². The average molecular weight is 314 g/mol. The van der Waals surface area contributed by atoms with Crippen LogP contribution >= 0.6 is 0 Å². The highest BCUT2D eigenvalue weighted by molar-refractivity contribution is 5.68. The molecule has 0 aliphatic heterocycles. The van der Waals surface area contributed by atoms with Crippen molar-refractivity contribution in [2.24, 2.45) is 0 Å². The minimum atomic E-state index is -0.875. The molecule has 1 aromatic carbocycles. The Balaban J connectivity index is 2.00. The number of pyridine rings is 1. The Morgan fingerprint density at radius 1 is 1.22 bits per heavy atom. The van der Waals surface area contributed by atoms with Gasteiger partial charge in [0.25, 0.3) is 0 Å². The molecule has 3 N–H and O–H groups in total. The van der Waals surface area contributed by atoms with Crippen LogP contribution in [-0.4, -0.2) is 27.7 Å². The lowest BCUT2D eigenvalue weighted by atomic mass is 9.89. The topological polar surface area (TPSA) is 82.5 Å². The van der Waals surface area contributed by atoms with E-state index in [2.05, 4.69) is 10.3 Å². The van der Waals surface area contributed by atoms with Crippen molar-refractivity contribution in [2.75, 3.05) is 6.54 Å². The fourth-order valence-electron chi connectivity index (χ4n) is 2.62. The third-order valence-corrected chi connectivity index (χ3v) is 3.94. The van der Waals surface area contributed by atoms with Crippen LogP contribution in [0, 0.1) is 0 Å². The van der Waals surface area contributed by atoms with E-state index in [0.717, 1.165) is 11.1 Å². The number of carboxylic acids is 1. The standard InChI is InChI=1S/C18H22N2O3/c1-18(13-17(22)23,15-7-10-19-11-8-15)20-12-9-16(21)14-5-3-2-4-6-14/h2-8,10-11,16,20-21H,9,12-13H2,1H3,(H,22,23)/t16-,18?/m1/s1. The summed E-state index contributed by atoms with van der Waals surface area (Å²) in [5.74, 6) is -0.875. The third-order valence-electron chi connectivity index (χ3n) is 3.94. The predicted molar refractivity (Wildman–Crippen MR) is 87.9 cm³/mol. The summed E-state index contributed by atoms with van der Waals surface area (Å²) in [5.41, 5.74) is 1.02. The molecule has 1 heterocycles. The zero-order valence-corrected chi connectivity index (χ0v) is 13.1. The highest BCUT2D eigenvalue weighted by Crippen LogP contribution is 2.25. The number of benzene rings is 1. The van der Waals surface area contributed by atoms with E-state index in [1.54, 1.807) is 12.4 Å². The summed E-state index contributed by atoms with van der Waals surface area (Å²) in [7, 11) is 0. The minimum Gasteiger partial charge on any atom is -0.481 e. The molecule has 5 heteroatoms. The molecule has 0 fully saturated rings. The number of nitrogens with one attached hydrogen (secondary N) is 1. The second-order valence-electron chi connectivity index (χ2n) is 5.78. The van der Waals surface area contributed by atoms with Gasteiger partial charge in [0, 0.05) is 12.4 Å². The van der Waals surface area contributed by atoms with Crippen LogP contribution in [0.25, 0.3) is 0 Å². The molecule has 0 radical (unpaired) electrons. The molecule has 0 amide bonds. The zero-order chi connectivity index (χ0) is 16.7. The van der Waals surface area contributed by atoms with E-state index in [4.69, 9.17) is 0 Å². The van der Waals surface area contributed by atoms with Gasteiger partial charge in [0.1, 0.15) is 0 Å². The molecule has 0 aliphatic rings. The smallest absolute Gasteiger partial charge is 0.305 e. The maximum atomic E-state index is 11.2. The van der Waals surface area contributed by atoms with E-state index in [0.29, 0.717) is 13.0 Å². The zero-order valence-electron chi connectivity index (χ0n) is 13.1. The maximum Gasteiger partial charge on any atom is 0.305 e. The van der Waals surface area contributed by atoms with Crippen LogP contribution in [0.15, 0.2) is 54.9 Å². The van der Waals surface area contributed by atoms with Crippen LogP contribution < -0.4 is 5.32 Å². The van der Waals surface area contributed by atoms with E-state index in [1.165, 1.54) is 0 Å². The minimum absolute atomic E-state index is 0.0432. The quantitative estimate of drug-likeness (QED) is 0.697. The molecule has 122 valence electrons. The third kappa shape index (κ3) is 4.87. The van der Waals surface area contributed by atoms with Crippen molar-refractivity contribution in [1.82, 2.24) is 10.3 Å². The van der Waals surface area contributed by atoms with Crippen LogP contribution in [0.2, 0.25) is 0 Å². The molecule has 2 aromatic rings. The average Bonchev–Trinajstić information content (AvgIpc) is 2.55. The van der Waals surface area contributed by atoms with Gasteiger partial charge in [0.05, 0.1) is 18.1 Å². The molecule has 1 unspecified atom stereocenters. The largest absolute Gasteiger partial charge is 0.481 e. The first kappa shape index (κ1) is 17.1. The highest BCUT2D eigenvalue weighted by Gasteiger charge is 2.29. The van der Waals surface area contributed by atoms with Gasteiger partial charge in [-0.3, -0.25) is 9.78 Å². The molecule has 0 saturated heterocycles. The highest BCUT2D eigenvalue weighted by atomic mass is 16.4. The Hall–Kier alpha value is -2.24. The number of hydrogen-bond acceptors (Lipinski definition) is 4. The number of hydrogen-bond donors (Lipinski definition) is 3. The van der Waals surface area contributed by atoms with Gasteiger partial charge in [-0.2, -0.15) is 0 Å². The fraction of sp³-hybridized carbons (Fsp3) is 0.333. The van der Waals surface area contributed by atoms with Crippen molar-refractivity contribution in [3.05, 3.63) is 66.0 Å². The lowest BCUT2D eigenvalue weighted by molar-refractivity contribution is -0.138.